The van der Waals surface area contributed by atoms with E-state index in [2.05, 4.69) is 15.2 Å². The van der Waals surface area contributed by atoms with Crippen LogP contribution in [0.2, 0.25) is 5.02 Å². The van der Waals surface area contributed by atoms with Crippen molar-refractivity contribution in [1.82, 2.24) is 29.3 Å². The van der Waals surface area contributed by atoms with Crippen molar-refractivity contribution in [3.8, 4) is 0 Å². The number of aryl methyl sites for hydroxylation is 1. The van der Waals surface area contributed by atoms with Crippen LogP contribution in [0.15, 0.2) is 30.7 Å². The molecule has 0 aliphatic carbocycles. The summed E-state index contributed by atoms with van der Waals surface area (Å²) in [6, 6.07) is 3.42. The van der Waals surface area contributed by atoms with Gasteiger partial charge >= 0.3 is 0 Å². The van der Waals surface area contributed by atoms with Crippen LogP contribution in [0.3, 0.4) is 0 Å². The maximum absolute atomic E-state index is 12.5. The SMILES string of the molecule is CCn1cc(Cl)c(CN(C)C(=O)c2cc3ncccn3n2)n1. The first kappa shape index (κ1) is 14.5. The van der Waals surface area contributed by atoms with Crippen molar-refractivity contribution >= 4 is 23.2 Å². The van der Waals surface area contributed by atoms with Crippen LogP contribution >= 0.6 is 11.6 Å². The summed E-state index contributed by atoms with van der Waals surface area (Å²) in [4.78, 5) is 18.1. The summed E-state index contributed by atoms with van der Waals surface area (Å²) in [5.41, 5.74) is 1.64. The number of nitrogens with zero attached hydrogens (tertiary/aromatic N) is 6. The fourth-order valence-corrected chi connectivity index (χ4v) is 2.34. The van der Waals surface area contributed by atoms with Gasteiger partial charge in [-0.2, -0.15) is 10.2 Å². The highest BCUT2D eigenvalue weighted by atomic mass is 35.5. The minimum absolute atomic E-state index is 0.201. The Hall–Kier alpha value is -2.41. The Labute approximate surface area is 132 Å². The molecule has 8 heteroatoms. The highest BCUT2D eigenvalue weighted by Gasteiger charge is 2.18. The molecule has 0 radical (unpaired) electrons. The normalized spacial score (nSPS) is 11.0. The van der Waals surface area contributed by atoms with E-state index in [0.717, 1.165) is 6.54 Å². The summed E-state index contributed by atoms with van der Waals surface area (Å²) in [6.07, 6.45) is 5.16. The summed E-state index contributed by atoms with van der Waals surface area (Å²) in [5, 5.41) is 9.12. The van der Waals surface area contributed by atoms with Gasteiger partial charge in [0.25, 0.3) is 5.91 Å². The summed E-state index contributed by atoms with van der Waals surface area (Å²) in [5.74, 6) is -0.201. The smallest absolute Gasteiger partial charge is 0.274 e. The topological polar surface area (TPSA) is 68.3 Å². The van der Waals surface area contributed by atoms with E-state index >= 15 is 0 Å². The van der Waals surface area contributed by atoms with Gasteiger partial charge in [-0.3, -0.25) is 9.48 Å². The van der Waals surface area contributed by atoms with Crippen molar-refractivity contribution in [3.63, 3.8) is 0 Å². The van der Waals surface area contributed by atoms with Crippen LogP contribution in [0.4, 0.5) is 0 Å². The third-order valence-corrected chi connectivity index (χ3v) is 3.62. The van der Waals surface area contributed by atoms with Crippen LogP contribution < -0.4 is 0 Å². The number of carbonyl (C=O) groups is 1. The lowest BCUT2D eigenvalue weighted by molar-refractivity contribution is 0.0777. The third-order valence-electron chi connectivity index (χ3n) is 3.30. The molecule has 0 aromatic carbocycles. The Bertz CT molecular complexity index is 791. The number of carbonyl (C=O) groups excluding carboxylic acids is 1. The molecule has 0 atom stereocenters. The van der Waals surface area contributed by atoms with Crippen LogP contribution in [0.25, 0.3) is 5.65 Å². The Balaban J connectivity index is 1.80. The van der Waals surface area contributed by atoms with E-state index in [4.69, 9.17) is 11.6 Å². The molecule has 0 aliphatic rings. The zero-order chi connectivity index (χ0) is 15.7. The molecule has 1 amide bonds. The Morgan fingerprint density at radius 1 is 1.41 bits per heavy atom. The highest BCUT2D eigenvalue weighted by Crippen LogP contribution is 2.16. The molecular formula is C14H15ClN6O. The number of rotatable bonds is 4. The van der Waals surface area contributed by atoms with E-state index in [0.29, 0.717) is 28.6 Å². The summed E-state index contributed by atoms with van der Waals surface area (Å²) in [6.45, 7) is 3.03. The second kappa shape index (κ2) is 5.76. The first-order valence-corrected chi connectivity index (χ1v) is 7.24. The molecule has 3 rings (SSSR count). The van der Waals surface area contributed by atoms with Crippen LogP contribution in [-0.2, 0) is 13.1 Å². The van der Waals surface area contributed by atoms with Crippen molar-refractivity contribution in [2.45, 2.75) is 20.0 Å². The number of aromatic nitrogens is 5. The summed E-state index contributed by atoms with van der Waals surface area (Å²) < 4.78 is 3.31. The van der Waals surface area contributed by atoms with Gasteiger partial charge in [0.2, 0.25) is 0 Å². The van der Waals surface area contributed by atoms with Crippen molar-refractivity contribution in [1.29, 1.82) is 0 Å². The van der Waals surface area contributed by atoms with Crippen LogP contribution in [0.5, 0.6) is 0 Å². The zero-order valence-electron chi connectivity index (χ0n) is 12.3. The van der Waals surface area contributed by atoms with Gasteiger partial charge in [0.1, 0.15) is 5.69 Å². The Morgan fingerprint density at radius 3 is 2.91 bits per heavy atom. The van der Waals surface area contributed by atoms with E-state index in [1.807, 2.05) is 6.92 Å². The van der Waals surface area contributed by atoms with E-state index in [1.54, 1.807) is 47.0 Å². The zero-order valence-corrected chi connectivity index (χ0v) is 13.0. The van der Waals surface area contributed by atoms with E-state index in [9.17, 15) is 4.79 Å². The molecule has 3 aromatic heterocycles. The molecule has 3 aromatic rings. The quantitative estimate of drug-likeness (QED) is 0.736. The number of hydrogen-bond donors (Lipinski definition) is 0. The van der Waals surface area contributed by atoms with Gasteiger partial charge in [-0.25, -0.2) is 9.50 Å². The molecule has 3 heterocycles. The third kappa shape index (κ3) is 2.67. The molecule has 114 valence electrons. The molecule has 0 saturated heterocycles. The van der Waals surface area contributed by atoms with Gasteiger partial charge in [-0.1, -0.05) is 11.6 Å². The molecule has 0 bridgehead atoms. The number of amides is 1. The van der Waals surface area contributed by atoms with Crippen LogP contribution in [-0.4, -0.2) is 42.2 Å². The first-order chi connectivity index (χ1) is 10.6. The summed E-state index contributed by atoms with van der Waals surface area (Å²) in [7, 11) is 1.70. The molecule has 0 spiro atoms. The molecule has 22 heavy (non-hydrogen) atoms. The van der Waals surface area contributed by atoms with Gasteiger partial charge in [0.05, 0.1) is 11.6 Å². The average Bonchev–Trinajstić information content (AvgIpc) is 3.10. The van der Waals surface area contributed by atoms with Crippen molar-refractivity contribution in [3.05, 3.63) is 47.1 Å². The fourth-order valence-electron chi connectivity index (χ4n) is 2.13. The van der Waals surface area contributed by atoms with Crippen molar-refractivity contribution in [2.24, 2.45) is 0 Å². The average molecular weight is 319 g/mol. The second-order valence-corrected chi connectivity index (χ2v) is 5.30. The lowest BCUT2D eigenvalue weighted by Crippen LogP contribution is -2.27. The van der Waals surface area contributed by atoms with Crippen LogP contribution in [0.1, 0.15) is 23.1 Å². The molecule has 0 saturated carbocycles. The maximum atomic E-state index is 12.5. The van der Waals surface area contributed by atoms with Gasteiger partial charge in [-0.15, -0.1) is 0 Å². The number of halogens is 1. The van der Waals surface area contributed by atoms with E-state index in [1.165, 1.54) is 4.90 Å². The van der Waals surface area contributed by atoms with E-state index < -0.39 is 0 Å². The molecule has 0 N–H and O–H groups in total. The monoisotopic (exact) mass is 318 g/mol. The van der Waals surface area contributed by atoms with Crippen molar-refractivity contribution < 1.29 is 4.79 Å². The van der Waals surface area contributed by atoms with Gasteiger partial charge in [0, 0.05) is 38.2 Å². The fraction of sp³-hybridized carbons (Fsp3) is 0.286. The predicted molar refractivity (Wildman–Crippen MR) is 81.7 cm³/mol. The maximum Gasteiger partial charge on any atom is 0.274 e. The number of fused-ring (bicyclic) bond motifs is 1. The number of hydrogen-bond acceptors (Lipinski definition) is 4. The molecule has 0 aliphatic heterocycles. The Morgan fingerprint density at radius 2 is 2.23 bits per heavy atom. The lowest BCUT2D eigenvalue weighted by atomic mass is 10.3. The second-order valence-electron chi connectivity index (χ2n) is 4.89. The molecule has 7 nitrogen and oxygen atoms in total. The van der Waals surface area contributed by atoms with Gasteiger partial charge in [-0.05, 0) is 13.0 Å². The Kier molecular flexibility index (Phi) is 3.81. The van der Waals surface area contributed by atoms with Crippen molar-refractivity contribution in [2.75, 3.05) is 7.05 Å². The molecule has 0 fully saturated rings. The predicted octanol–water partition coefficient (Wildman–Crippen LogP) is 1.87. The molecule has 0 unspecified atom stereocenters. The molecular weight excluding hydrogens is 304 g/mol. The largest absolute Gasteiger partial charge is 0.334 e. The minimum atomic E-state index is -0.201. The summed E-state index contributed by atoms with van der Waals surface area (Å²) >= 11 is 6.13. The van der Waals surface area contributed by atoms with E-state index in [-0.39, 0.29) is 5.91 Å². The van der Waals surface area contributed by atoms with Gasteiger partial charge in [0.15, 0.2) is 11.3 Å². The van der Waals surface area contributed by atoms with Crippen LogP contribution in [0, 0.1) is 0 Å². The first-order valence-electron chi connectivity index (χ1n) is 6.86. The van der Waals surface area contributed by atoms with Gasteiger partial charge < -0.3 is 4.90 Å². The minimum Gasteiger partial charge on any atom is -0.334 e. The highest BCUT2D eigenvalue weighted by molar-refractivity contribution is 6.31. The lowest BCUT2D eigenvalue weighted by Gasteiger charge is -2.14. The standard InChI is InChI=1S/C14H15ClN6O/c1-3-20-8-10(15)12(17-20)9-19(2)14(22)11-7-13-16-5-4-6-21(13)18-11/h4-8H,3,9H2,1-2H3.